The summed E-state index contributed by atoms with van der Waals surface area (Å²) in [5, 5.41) is 0. The number of hydrogen-bond donors (Lipinski definition) is 0. The topological polar surface area (TPSA) is 8.81 Å². The molecule has 1 aliphatic heterocycles. The molecule has 2 aliphatic rings. The van der Waals surface area contributed by atoms with Crippen molar-refractivity contribution in [1.82, 2.24) is 4.57 Å². The first kappa shape index (κ1) is 19.6. The Kier molecular flexibility index (Phi) is 4.29. The Morgan fingerprint density at radius 2 is 1.57 bits per heavy atom. The highest BCUT2D eigenvalue weighted by Gasteiger charge is 2.55. The van der Waals surface area contributed by atoms with Crippen molar-refractivity contribution in [2.24, 2.45) is 5.92 Å². The lowest BCUT2D eigenvalue weighted by Crippen LogP contribution is -2.43. The van der Waals surface area contributed by atoms with Gasteiger partial charge in [-0.25, -0.2) is 0 Å². The van der Waals surface area contributed by atoms with Crippen LogP contribution in [0.25, 0.3) is 11.4 Å². The van der Waals surface area contributed by atoms with E-state index in [-0.39, 0.29) is 10.8 Å². The van der Waals surface area contributed by atoms with Crippen LogP contribution in [0.3, 0.4) is 0 Å². The Labute approximate surface area is 181 Å². The highest BCUT2D eigenvalue weighted by Crippen LogP contribution is 2.52. The van der Waals surface area contributed by atoms with Crippen LogP contribution >= 0.6 is 0 Å². The summed E-state index contributed by atoms with van der Waals surface area (Å²) in [6, 6.07) is 18.0. The van der Waals surface area contributed by atoms with Crippen LogP contribution in [0.15, 0.2) is 48.5 Å². The molecule has 2 heteroatoms. The Bertz CT molecular complexity index is 1120. The van der Waals surface area contributed by atoms with Gasteiger partial charge in [0.2, 0.25) is 0 Å². The van der Waals surface area contributed by atoms with E-state index in [0.717, 1.165) is 0 Å². The van der Waals surface area contributed by atoms with E-state index in [1.54, 1.807) is 0 Å². The minimum atomic E-state index is 0.0132. The molecule has 0 bridgehead atoms. The first-order chi connectivity index (χ1) is 14.3. The highest BCUT2D eigenvalue weighted by atomic mass is 15.2. The molecule has 2 nitrogen and oxygen atoms in total. The van der Waals surface area contributed by atoms with Crippen molar-refractivity contribution in [3.05, 3.63) is 76.9 Å². The summed E-state index contributed by atoms with van der Waals surface area (Å²) in [5.74, 6) is 2.10. The van der Waals surface area contributed by atoms with Crippen LogP contribution in [0.1, 0.15) is 81.7 Å². The number of hydrogen-bond acceptors (Lipinski definition) is 0. The number of para-hydroxylation sites is 2. The minimum Gasteiger partial charge on any atom is -0.196 e. The molecule has 0 amide bonds. The van der Waals surface area contributed by atoms with Gasteiger partial charge in [0.25, 0.3) is 5.82 Å². The molecule has 156 valence electrons. The smallest absolute Gasteiger partial charge is 0.196 e. The van der Waals surface area contributed by atoms with Gasteiger partial charge in [0.15, 0.2) is 5.69 Å². The molecule has 1 atom stereocenters. The molecule has 30 heavy (non-hydrogen) atoms. The van der Waals surface area contributed by atoms with Crippen molar-refractivity contribution in [2.75, 3.05) is 0 Å². The summed E-state index contributed by atoms with van der Waals surface area (Å²) in [5.41, 5.74) is 8.57. The predicted molar refractivity (Wildman–Crippen MR) is 124 cm³/mol. The molecule has 1 aliphatic carbocycles. The van der Waals surface area contributed by atoms with Gasteiger partial charge < -0.3 is 0 Å². The fourth-order valence-electron chi connectivity index (χ4n) is 6.41. The third-order valence-corrected chi connectivity index (χ3v) is 7.72. The van der Waals surface area contributed by atoms with Crippen LogP contribution < -0.4 is 4.57 Å². The number of benzene rings is 2. The molecular weight excluding hydrogens is 364 g/mol. The SMILES string of the molecule is Cc1ccccc1-n1c(C)c2[n+](c1C(C)(C)C)-c1ccccc1C2(C)C1CCCC1. The van der Waals surface area contributed by atoms with E-state index in [9.17, 15) is 0 Å². The first-order valence-electron chi connectivity index (χ1n) is 11.6. The molecule has 2 aromatic carbocycles. The summed E-state index contributed by atoms with van der Waals surface area (Å²) in [7, 11) is 0. The van der Waals surface area contributed by atoms with Crippen LogP contribution in [-0.4, -0.2) is 4.57 Å². The number of aromatic nitrogens is 2. The molecule has 0 spiro atoms. The molecule has 1 saturated carbocycles. The van der Waals surface area contributed by atoms with Gasteiger partial charge in [-0.05, 0) is 71.1 Å². The molecular formula is C28H35N2+. The zero-order valence-corrected chi connectivity index (χ0v) is 19.4. The zero-order valence-electron chi connectivity index (χ0n) is 19.4. The number of fused-ring (bicyclic) bond motifs is 3. The third-order valence-electron chi connectivity index (χ3n) is 7.72. The standard InChI is InChI=1S/C28H35N2/c1-19-13-7-11-17-23(19)29-20(2)25-28(6,21-14-8-9-15-21)22-16-10-12-18-24(22)30(25)26(29)27(3,4)5/h7,10-13,16-18,21H,8-9,14-15H2,1-6H3/q+1. The van der Waals surface area contributed by atoms with Gasteiger partial charge >= 0.3 is 0 Å². The Balaban J connectivity index is 1.92. The average Bonchev–Trinajstić information content (AvgIpc) is 3.39. The van der Waals surface area contributed by atoms with Crippen molar-refractivity contribution in [2.45, 2.75) is 78.1 Å². The molecule has 2 heterocycles. The van der Waals surface area contributed by atoms with E-state index in [2.05, 4.69) is 99.2 Å². The average molecular weight is 400 g/mol. The van der Waals surface area contributed by atoms with E-state index in [4.69, 9.17) is 0 Å². The van der Waals surface area contributed by atoms with Gasteiger partial charge in [-0.1, -0.05) is 49.2 Å². The Hall–Kier alpha value is -2.35. The van der Waals surface area contributed by atoms with Gasteiger partial charge in [-0.2, -0.15) is 9.13 Å². The Morgan fingerprint density at radius 1 is 0.933 bits per heavy atom. The van der Waals surface area contributed by atoms with Crippen LogP contribution in [0.5, 0.6) is 0 Å². The van der Waals surface area contributed by atoms with Gasteiger partial charge in [0, 0.05) is 12.5 Å². The molecule has 1 aromatic heterocycles. The molecule has 0 radical (unpaired) electrons. The normalized spacial score (nSPS) is 21.1. The minimum absolute atomic E-state index is 0.0132. The van der Waals surface area contributed by atoms with Gasteiger partial charge in [0.1, 0.15) is 17.1 Å². The second-order valence-corrected chi connectivity index (χ2v) is 10.7. The number of imidazole rings is 1. The zero-order chi connectivity index (χ0) is 21.3. The summed E-state index contributed by atoms with van der Waals surface area (Å²) < 4.78 is 5.20. The lowest BCUT2D eigenvalue weighted by molar-refractivity contribution is -0.612. The van der Waals surface area contributed by atoms with Crippen LogP contribution in [-0.2, 0) is 10.8 Å². The fourth-order valence-corrected chi connectivity index (χ4v) is 6.41. The Morgan fingerprint density at radius 3 is 2.23 bits per heavy atom. The van der Waals surface area contributed by atoms with E-state index in [1.165, 1.54) is 65.4 Å². The number of rotatable bonds is 2. The lowest BCUT2D eigenvalue weighted by atomic mass is 9.69. The van der Waals surface area contributed by atoms with Gasteiger partial charge in [-0.15, -0.1) is 0 Å². The van der Waals surface area contributed by atoms with E-state index >= 15 is 0 Å². The lowest BCUT2D eigenvalue weighted by Gasteiger charge is -2.30. The number of nitrogens with zero attached hydrogens (tertiary/aromatic N) is 2. The van der Waals surface area contributed by atoms with E-state index < -0.39 is 0 Å². The molecule has 1 fully saturated rings. The second kappa shape index (κ2) is 6.57. The van der Waals surface area contributed by atoms with E-state index in [1.807, 2.05) is 0 Å². The molecule has 0 saturated heterocycles. The fraction of sp³-hybridized carbons (Fsp3) is 0.464. The van der Waals surface area contributed by atoms with Crippen LogP contribution in [0.2, 0.25) is 0 Å². The molecule has 0 N–H and O–H groups in total. The summed E-state index contributed by atoms with van der Waals surface area (Å²) in [4.78, 5) is 0. The summed E-state index contributed by atoms with van der Waals surface area (Å²) in [6.07, 6.45) is 5.41. The maximum Gasteiger partial charge on any atom is 0.272 e. The quantitative estimate of drug-likeness (QED) is 0.436. The highest BCUT2D eigenvalue weighted by molar-refractivity contribution is 5.54. The van der Waals surface area contributed by atoms with Crippen LogP contribution in [0, 0.1) is 19.8 Å². The van der Waals surface area contributed by atoms with Crippen molar-refractivity contribution in [3.8, 4) is 11.4 Å². The van der Waals surface area contributed by atoms with Crippen molar-refractivity contribution in [3.63, 3.8) is 0 Å². The largest absolute Gasteiger partial charge is 0.272 e. The van der Waals surface area contributed by atoms with E-state index in [0.29, 0.717) is 5.92 Å². The second-order valence-electron chi connectivity index (χ2n) is 10.7. The molecule has 5 rings (SSSR count). The van der Waals surface area contributed by atoms with Crippen LogP contribution in [0.4, 0.5) is 0 Å². The third kappa shape index (κ3) is 2.52. The first-order valence-corrected chi connectivity index (χ1v) is 11.6. The van der Waals surface area contributed by atoms with Gasteiger partial charge in [0.05, 0.1) is 10.8 Å². The summed E-state index contributed by atoms with van der Waals surface area (Å²) in [6.45, 7) is 14.2. The number of aryl methyl sites for hydroxylation is 1. The predicted octanol–water partition coefficient (Wildman–Crippen LogP) is 6.48. The maximum absolute atomic E-state index is 2.63. The molecule has 3 aromatic rings. The van der Waals surface area contributed by atoms with Crippen molar-refractivity contribution >= 4 is 0 Å². The molecule has 1 unspecified atom stereocenters. The van der Waals surface area contributed by atoms with Crippen molar-refractivity contribution < 1.29 is 4.57 Å². The maximum atomic E-state index is 2.63. The van der Waals surface area contributed by atoms with Gasteiger partial charge in [-0.3, -0.25) is 0 Å². The van der Waals surface area contributed by atoms with Crippen molar-refractivity contribution in [1.29, 1.82) is 0 Å². The summed E-state index contributed by atoms with van der Waals surface area (Å²) >= 11 is 0. The monoisotopic (exact) mass is 399 g/mol.